The summed E-state index contributed by atoms with van der Waals surface area (Å²) in [5, 5.41) is 0. The number of nitrogens with zero attached hydrogens (tertiary/aromatic N) is 2. The van der Waals surface area contributed by atoms with Gasteiger partial charge in [-0.05, 0) is 25.5 Å². The zero-order valence-electron chi connectivity index (χ0n) is 9.75. The molecule has 0 saturated carbocycles. The summed E-state index contributed by atoms with van der Waals surface area (Å²) in [5.41, 5.74) is 8.20. The topological polar surface area (TPSA) is 42.1 Å². The zero-order valence-corrected chi connectivity index (χ0v) is 9.75. The van der Waals surface area contributed by atoms with E-state index in [0.717, 1.165) is 30.0 Å². The number of hydrogen-bond donors (Lipinski definition) is 1. The lowest BCUT2D eigenvalue weighted by molar-refractivity contribution is 0.834. The van der Waals surface area contributed by atoms with Crippen LogP contribution in [0.1, 0.15) is 24.6 Å². The molecule has 1 aromatic rings. The molecule has 15 heavy (non-hydrogen) atoms. The molecule has 0 unspecified atom stereocenters. The van der Waals surface area contributed by atoms with Crippen LogP contribution < -0.4 is 10.6 Å². The number of anilines is 1. The number of hydrogen-bond acceptors (Lipinski definition) is 3. The lowest BCUT2D eigenvalue weighted by Crippen LogP contribution is -2.19. The second-order valence-corrected chi connectivity index (χ2v) is 3.80. The van der Waals surface area contributed by atoms with Gasteiger partial charge in [0.2, 0.25) is 0 Å². The van der Waals surface area contributed by atoms with Crippen molar-refractivity contribution in [1.82, 2.24) is 4.98 Å². The number of nitrogens with two attached hydrogens (primary N) is 1. The fraction of sp³-hybridized carbons (Fsp3) is 0.417. The van der Waals surface area contributed by atoms with E-state index in [1.54, 1.807) is 0 Å². The molecule has 3 nitrogen and oxygen atoms in total. The van der Waals surface area contributed by atoms with Crippen molar-refractivity contribution >= 4 is 11.5 Å². The Kier molecular flexibility index (Phi) is 3.72. The summed E-state index contributed by atoms with van der Waals surface area (Å²) in [6, 6.07) is 3.93. The van der Waals surface area contributed by atoms with Gasteiger partial charge in [-0.1, -0.05) is 13.5 Å². The Labute approximate surface area is 91.6 Å². The highest BCUT2D eigenvalue weighted by molar-refractivity contribution is 5.63. The van der Waals surface area contributed by atoms with Gasteiger partial charge in [0, 0.05) is 30.5 Å². The quantitative estimate of drug-likeness (QED) is 0.819. The first-order chi connectivity index (χ1) is 7.04. The predicted molar refractivity (Wildman–Crippen MR) is 65.8 cm³/mol. The van der Waals surface area contributed by atoms with E-state index in [9.17, 15) is 0 Å². The van der Waals surface area contributed by atoms with E-state index in [0.29, 0.717) is 5.70 Å². The number of pyridine rings is 1. The Morgan fingerprint density at radius 1 is 1.53 bits per heavy atom. The van der Waals surface area contributed by atoms with Crippen LogP contribution in [0.15, 0.2) is 18.7 Å². The smallest absolute Gasteiger partial charge is 0.129 e. The molecule has 1 rings (SSSR count). The van der Waals surface area contributed by atoms with E-state index < -0.39 is 0 Å². The first-order valence-electron chi connectivity index (χ1n) is 5.19. The molecule has 0 aliphatic rings. The van der Waals surface area contributed by atoms with Gasteiger partial charge in [-0.3, -0.25) is 0 Å². The van der Waals surface area contributed by atoms with Crippen molar-refractivity contribution in [2.45, 2.75) is 20.3 Å². The Bertz CT molecular complexity index is 358. The van der Waals surface area contributed by atoms with Crippen LogP contribution in [0, 0.1) is 6.92 Å². The van der Waals surface area contributed by atoms with Crippen LogP contribution in [0.5, 0.6) is 0 Å². The molecule has 0 radical (unpaired) electrons. The largest absolute Gasteiger partial charge is 0.399 e. The SMILES string of the molecule is C=C(N)c1cc(C)nc(N(C)CCC)c1. The molecule has 82 valence electrons. The molecule has 1 heterocycles. The maximum absolute atomic E-state index is 5.68. The number of aryl methyl sites for hydroxylation is 1. The molecule has 0 aromatic carbocycles. The Balaban J connectivity index is 3.03. The van der Waals surface area contributed by atoms with Crippen molar-refractivity contribution in [3.8, 4) is 0 Å². The van der Waals surface area contributed by atoms with Gasteiger partial charge in [0.05, 0.1) is 0 Å². The minimum Gasteiger partial charge on any atom is -0.399 e. The standard InChI is InChI=1S/C12H19N3/c1-5-6-15(4)12-8-11(10(3)13)7-9(2)14-12/h7-8H,3,5-6,13H2,1-2,4H3. The zero-order chi connectivity index (χ0) is 11.4. The summed E-state index contributed by atoms with van der Waals surface area (Å²) >= 11 is 0. The first-order valence-corrected chi connectivity index (χ1v) is 5.19. The monoisotopic (exact) mass is 205 g/mol. The van der Waals surface area contributed by atoms with E-state index in [1.807, 2.05) is 26.1 Å². The summed E-state index contributed by atoms with van der Waals surface area (Å²) in [6.07, 6.45) is 1.10. The van der Waals surface area contributed by atoms with Gasteiger partial charge in [-0.2, -0.15) is 0 Å². The third-order valence-electron chi connectivity index (χ3n) is 2.26. The van der Waals surface area contributed by atoms with Crippen molar-refractivity contribution < 1.29 is 0 Å². The Hall–Kier alpha value is -1.51. The summed E-state index contributed by atoms with van der Waals surface area (Å²) < 4.78 is 0. The second-order valence-electron chi connectivity index (χ2n) is 3.80. The molecule has 0 aliphatic carbocycles. The fourth-order valence-corrected chi connectivity index (χ4v) is 1.48. The average molecular weight is 205 g/mol. The summed E-state index contributed by atoms with van der Waals surface area (Å²) in [7, 11) is 2.04. The van der Waals surface area contributed by atoms with Crippen LogP contribution in [-0.2, 0) is 0 Å². The normalized spacial score (nSPS) is 10.1. The van der Waals surface area contributed by atoms with Crippen molar-refractivity contribution in [3.05, 3.63) is 30.0 Å². The summed E-state index contributed by atoms with van der Waals surface area (Å²) in [4.78, 5) is 6.59. The average Bonchev–Trinajstić information content (AvgIpc) is 2.17. The molecule has 0 bridgehead atoms. The molecule has 2 N–H and O–H groups in total. The summed E-state index contributed by atoms with van der Waals surface area (Å²) in [6.45, 7) is 8.85. The van der Waals surface area contributed by atoms with Gasteiger partial charge in [0.25, 0.3) is 0 Å². The van der Waals surface area contributed by atoms with E-state index in [4.69, 9.17) is 5.73 Å². The van der Waals surface area contributed by atoms with Crippen molar-refractivity contribution in [2.24, 2.45) is 5.73 Å². The lowest BCUT2D eigenvalue weighted by Gasteiger charge is -2.18. The van der Waals surface area contributed by atoms with Gasteiger partial charge < -0.3 is 10.6 Å². The molecule has 0 spiro atoms. The number of aromatic nitrogens is 1. The fourth-order valence-electron chi connectivity index (χ4n) is 1.48. The van der Waals surface area contributed by atoms with Crippen LogP contribution in [0.25, 0.3) is 5.70 Å². The van der Waals surface area contributed by atoms with Crippen molar-refractivity contribution in [3.63, 3.8) is 0 Å². The third kappa shape index (κ3) is 2.98. The molecule has 3 heteroatoms. The molecule has 0 saturated heterocycles. The van der Waals surface area contributed by atoms with Crippen LogP contribution in [0.2, 0.25) is 0 Å². The molecular formula is C12H19N3. The second kappa shape index (κ2) is 4.82. The third-order valence-corrected chi connectivity index (χ3v) is 2.26. The molecule has 1 aromatic heterocycles. The van der Waals surface area contributed by atoms with Gasteiger partial charge >= 0.3 is 0 Å². The minimum atomic E-state index is 0.589. The van der Waals surface area contributed by atoms with Gasteiger partial charge in [0.15, 0.2) is 0 Å². The molecular weight excluding hydrogens is 186 g/mol. The predicted octanol–water partition coefficient (Wildman–Crippen LogP) is 2.17. The minimum absolute atomic E-state index is 0.589. The number of rotatable bonds is 4. The summed E-state index contributed by atoms with van der Waals surface area (Å²) in [5.74, 6) is 0.957. The highest BCUT2D eigenvalue weighted by Gasteiger charge is 2.05. The molecule has 0 atom stereocenters. The van der Waals surface area contributed by atoms with E-state index in [1.165, 1.54) is 0 Å². The van der Waals surface area contributed by atoms with Crippen LogP contribution in [0.3, 0.4) is 0 Å². The van der Waals surface area contributed by atoms with Gasteiger partial charge in [0.1, 0.15) is 5.82 Å². The van der Waals surface area contributed by atoms with E-state index >= 15 is 0 Å². The molecule has 0 amide bonds. The Morgan fingerprint density at radius 3 is 2.73 bits per heavy atom. The van der Waals surface area contributed by atoms with Gasteiger partial charge in [-0.15, -0.1) is 0 Å². The highest BCUT2D eigenvalue weighted by Crippen LogP contribution is 2.16. The first kappa shape index (κ1) is 11.6. The maximum Gasteiger partial charge on any atom is 0.129 e. The maximum atomic E-state index is 5.68. The molecule has 0 aliphatic heterocycles. The van der Waals surface area contributed by atoms with Crippen LogP contribution in [0.4, 0.5) is 5.82 Å². The lowest BCUT2D eigenvalue weighted by atomic mass is 10.2. The van der Waals surface area contributed by atoms with Crippen molar-refractivity contribution in [1.29, 1.82) is 0 Å². The van der Waals surface area contributed by atoms with Crippen LogP contribution in [-0.4, -0.2) is 18.6 Å². The van der Waals surface area contributed by atoms with E-state index in [2.05, 4.69) is 23.4 Å². The van der Waals surface area contributed by atoms with E-state index in [-0.39, 0.29) is 0 Å². The van der Waals surface area contributed by atoms with Gasteiger partial charge in [-0.25, -0.2) is 4.98 Å². The van der Waals surface area contributed by atoms with Crippen molar-refractivity contribution in [2.75, 3.05) is 18.5 Å². The highest BCUT2D eigenvalue weighted by atomic mass is 15.2. The van der Waals surface area contributed by atoms with Crippen LogP contribution >= 0.6 is 0 Å². The molecule has 0 fully saturated rings. The Morgan fingerprint density at radius 2 is 2.20 bits per heavy atom.